The Hall–Kier alpha value is -1.70. The van der Waals surface area contributed by atoms with E-state index in [-0.39, 0.29) is 16.1 Å². The lowest BCUT2D eigenvalue weighted by Crippen LogP contribution is -2.41. The lowest BCUT2D eigenvalue weighted by molar-refractivity contribution is -0.384. The molecule has 1 amide bonds. The molecule has 1 atom stereocenters. The van der Waals surface area contributed by atoms with Gasteiger partial charge in [-0.25, -0.2) is 4.39 Å². The predicted octanol–water partition coefficient (Wildman–Crippen LogP) is 3.17. The Balaban J connectivity index is 3.04. The number of hydrogen-bond acceptors (Lipinski definition) is 4. The summed E-state index contributed by atoms with van der Waals surface area (Å²) in [6, 6.07) is 1.43. The van der Waals surface area contributed by atoms with E-state index in [9.17, 15) is 19.3 Å². The fraction of sp³-hybridized carbons (Fsp3) is 0.462. The zero-order valence-corrected chi connectivity index (χ0v) is 13.6. The number of likely N-dealkylation sites (N-methyl/N-ethyl adjacent to an activating group) is 1. The van der Waals surface area contributed by atoms with Gasteiger partial charge in [-0.05, 0) is 42.8 Å². The van der Waals surface area contributed by atoms with Crippen molar-refractivity contribution in [2.24, 2.45) is 0 Å². The first-order valence-corrected chi connectivity index (χ1v) is 7.29. The third-order valence-corrected chi connectivity index (χ3v) is 3.66. The molecule has 116 valence electrons. The van der Waals surface area contributed by atoms with Crippen molar-refractivity contribution >= 4 is 33.2 Å². The first kappa shape index (κ1) is 17.4. The van der Waals surface area contributed by atoms with Crippen LogP contribution in [0.1, 0.15) is 20.8 Å². The first-order chi connectivity index (χ1) is 9.81. The number of nitrogens with one attached hydrogen (secondary N) is 1. The van der Waals surface area contributed by atoms with Crippen LogP contribution in [-0.2, 0) is 4.79 Å². The molecule has 1 aromatic carbocycles. The van der Waals surface area contributed by atoms with Crippen molar-refractivity contribution in [2.45, 2.75) is 26.8 Å². The zero-order valence-electron chi connectivity index (χ0n) is 12.0. The minimum absolute atomic E-state index is 0.0955. The van der Waals surface area contributed by atoms with Gasteiger partial charge in [0.15, 0.2) is 0 Å². The Morgan fingerprint density at radius 2 is 2.05 bits per heavy atom. The molecule has 8 heteroatoms. The predicted molar refractivity (Wildman–Crippen MR) is 81.8 cm³/mol. The largest absolute Gasteiger partial charge is 0.368 e. The Morgan fingerprint density at radius 3 is 2.52 bits per heavy atom. The van der Waals surface area contributed by atoms with E-state index in [1.807, 2.05) is 13.8 Å². The van der Waals surface area contributed by atoms with Gasteiger partial charge in [0.2, 0.25) is 5.91 Å². The maximum absolute atomic E-state index is 13.4. The van der Waals surface area contributed by atoms with Gasteiger partial charge in [0.1, 0.15) is 17.5 Å². The van der Waals surface area contributed by atoms with Gasteiger partial charge in [-0.3, -0.25) is 14.9 Å². The summed E-state index contributed by atoms with van der Waals surface area (Å²) in [5, 5.41) is 13.8. The maximum atomic E-state index is 13.4. The second-order valence-corrected chi connectivity index (χ2v) is 5.27. The van der Waals surface area contributed by atoms with Crippen LogP contribution >= 0.6 is 15.9 Å². The number of carbonyl (C=O) groups excluding carboxylic acids is 1. The molecule has 6 nitrogen and oxygen atoms in total. The van der Waals surface area contributed by atoms with Crippen LogP contribution in [0.25, 0.3) is 0 Å². The minimum Gasteiger partial charge on any atom is -0.368 e. The topological polar surface area (TPSA) is 75.5 Å². The van der Waals surface area contributed by atoms with Gasteiger partial charge in [0.25, 0.3) is 5.69 Å². The number of anilines is 1. The molecule has 0 aliphatic rings. The summed E-state index contributed by atoms with van der Waals surface area (Å²) in [5.74, 6) is -0.898. The van der Waals surface area contributed by atoms with Crippen LogP contribution in [-0.4, -0.2) is 34.9 Å². The molecular weight excluding hydrogens is 345 g/mol. The lowest BCUT2D eigenvalue weighted by atomic mass is 10.2. The van der Waals surface area contributed by atoms with Crippen LogP contribution in [0.2, 0.25) is 0 Å². The highest BCUT2D eigenvalue weighted by atomic mass is 79.9. The number of nitro benzene ring substituents is 1. The molecule has 0 saturated carbocycles. The molecule has 0 radical (unpaired) electrons. The third-order valence-electron chi connectivity index (χ3n) is 3.05. The number of carbonyl (C=O) groups is 1. The second kappa shape index (κ2) is 7.35. The van der Waals surface area contributed by atoms with E-state index in [0.717, 1.165) is 6.07 Å². The van der Waals surface area contributed by atoms with Gasteiger partial charge in [0, 0.05) is 13.1 Å². The van der Waals surface area contributed by atoms with Gasteiger partial charge >= 0.3 is 0 Å². The van der Waals surface area contributed by atoms with Crippen LogP contribution < -0.4 is 5.32 Å². The molecule has 0 heterocycles. The smallest absolute Gasteiger partial charge is 0.295 e. The minimum atomic E-state index is -0.727. The van der Waals surface area contributed by atoms with Crippen LogP contribution in [0.3, 0.4) is 0 Å². The fourth-order valence-electron chi connectivity index (χ4n) is 1.91. The van der Waals surface area contributed by atoms with Crippen LogP contribution in [0.4, 0.5) is 15.8 Å². The summed E-state index contributed by atoms with van der Waals surface area (Å²) in [6.45, 7) is 6.42. The SMILES string of the molecule is CCN(CC)C(=O)C(C)Nc1cc(Br)c(F)cc1[N+](=O)[O-]. The zero-order chi connectivity index (χ0) is 16.2. The molecular formula is C13H17BrFN3O3. The molecule has 1 N–H and O–H groups in total. The van der Waals surface area contributed by atoms with Crippen molar-refractivity contribution in [1.29, 1.82) is 0 Å². The number of hydrogen-bond donors (Lipinski definition) is 1. The fourth-order valence-corrected chi connectivity index (χ4v) is 2.25. The van der Waals surface area contributed by atoms with Crippen molar-refractivity contribution in [2.75, 3.05) is 18.4 Å². The lowest BCUT2D eigenvalue weighted by Gasteiger charge is -2.24. The van der Waals surface area contributed by atoms with Gasteiger partial charge < -0.3 is 10.2 Å². The standard InChI is InChI=1S/C13H17BrFN3O3/c1-4-17(5-2)13(19)8(3)16-11-6-9(14)10(15)7-12(11)18(20)21/h6-8,16H,4-5H2,1-3H3. The van der Waals surface area contributed by atoms with E-state index in [1.165, 1.54) is 6.07 Å². The number of benzene rings is 1. The van der Waals surface area contributed by atoms with Crippen molar-refractivity contribution in [3.63, 3.8) is 0 Å². The summed E-state index contributed by atoms with van der Waals surface area (Å²) in [5.41, 5.74) is -0.309. The molecule has 21 heavy (non-hydrogen) atoms. The number of halogens is 2. The molecule has 0 aromatic heterocycles. The molecule has 0 bridgehead atoms. The average Bonchev–Trinajstić information content (AvgIpc) is 2.43. The Morgan fingerprint density at radius 1 is 1.48 bits per heavy atom. The Bertz CT molecular complexity index is 550. The van der Waals surface area contributed by atoms with E-state index in [2.05, 4.69) is 21.2 Å². The quantitative estimate of drug-likeness (QED) is 0.623. The third kappa shape index (κ3) is 4.13. The van der Waals surface area contributed by atoms with E-state index >= 15 is 0 Å². The van der Waals surface area contributed by atoms with Crippen molar-refractivity contribution < 1.29 is 14.1 Å². The van der Waals surface area contributed by atoms with Crippen molar-refractivity contribution in [1.82, 2.24) is 4.90 Å². The van der Waals surface area contributed by atoms with Crippen LogP contribution in [0.15, 0.2) is 16.6 Å². The van der Waals surface area contributed by atoms with E-state index in [4.69, 9.17) is 0 Å². The second-order valence-electron chi connectivity index (χ2n) is 4.42. The molecule has 0 aliphatic carbocycles. The van der Waals surface area contributed by atoms with Gasteiger partial charge in [0.05, 0.1) is 15.5 Å². The molecule has 0 aliphatic heterocycles. The highest BCUT2D eigenvalue weighted by molar-refractivity contribution is 9.10. The van der Waals surface area contributed by atoms with Gasteiger partial charge in [-0.15, -0.1) is 0 Å². The number of rotatable bonds is 6. The number of amides is 1. The van der Waals surface area contributed by atoms with Crippen molar-refractivity contribution in [3.05, 3.63) is 32.5 Å². The molecule has 1 unspecified atom stereocenters. The summed E-state index contributed by atoms with van der Waals surface area (Å²) in [7, 11) is 0. The summed E-state index contributed by atoms with van der Waals surface area (Å²) < 4.78 is 13.5. The number of nitro groups is 1. The molecule has 1 rings (SSSR count). The maximum Gasteiger partial charge on any atom is 0.295 e. The first-order valence-electron chi connectivity index (χ1n) is 6.50. The summed E-state index contributed by atoms with van der Waals surface area (Å²) in [4.78, 5) is 24.0. The number of nitrogens with zero attached hydrogens (tertiary/aromatic N) is 2. The summed E-state index contributed by atoms with van der Waals surface area (Å²) >= 11 is 2.98. The van der Waals surface area contributed by atoms with E-state index in [0.29, 0.717) is 13.1 Å². The molecule has 0 fully saturated rings. The van der Waals surface area contributed by atoms with Crippen LogP contribution in [0, 0.1) is 15.9 Å². The monoisotopic (exact) mass is 361 g/mol. The summed E-state index contributed by atoms with van der Waals surface area (Å²) in [6.07, 6.45) is 0. The molecule has 0 spiro atoms. The highest BCUT2D eigenvalue weighted by Gasteiger charge is 2.23. The van der Waals surface area contributed by atoms with Gasteiger partial charge in [-0.2, -0.15) is 0 Å². The average molecular weight is 362 g/mol. The van der Waals surface area contributed by atoms with Crippen LogP contribution in [0.5, 0.6) is 0 Å². The van der Waals surface area contributed by atoms with E-state index in [1.54, 1.807) is 11.8 Å². The molecule has 0 saturated heterocycles. The van der Waals surface area contributed by atoms with E-state index < -0.39 is 22.5 Å². The highest BCUT2D eigenvalue weighted by Crippen LogP contribution is 2.31. The van der Waals surface area contributed by atoms with Gasteiger partial charge in [-0.1, -0.05) is 0 Å². The Kier molecular flexibility index (Phi) is 6.07. The molecule has 1 aromatic rings. The normalized spacial score (nSPS) is 11.9. The Labute approximate surface area is 130 Å². The van der Waals surface area contributed by atoms with Crippen molar-refractivity contribution in [3.8, 4) is 0 Å².